The summed E-state index contributed by atoms with van der Waals surface area (Å²) in [6.45, 7) is 2.61. The number of benzene rings is 1. The molecule has 2 aromatic heterocycles. The van der Waals surface area contributed by atoms with Gasteiger partial charge in [-0.05, 0) is 25.2 Å². The largest absolute Gasteiger partial charge is 0.329 e. The summed E-state index contributed by atoms with van der Waals surface area (Å²) in [5, 5.41) is 1.11. The summed E-state index contributed by atoms with van der Waals surface area (Å²) < 4.78 is 14.3. The van der Waals surface area contributed by atoms with Crippen LogP contribution in [0.1, 0.15) is 6.92 Å². The van der Waals surface area contributed by atoms with E-state index in [9.17, 15) is 4.21 Å². The zero-order valence-electron chi connectivity index (χ0n) is 11.3. The molecule has 3 aromatic rings. The number of nitrogens with zero attached hydrogens (tertiary/aromatic N) is 2. The van der Waals surface area contributed by atoms with Crippen molar-refractivity contribution in [2.24, 2.45) is 0 Å². The van der Waals surface area contributed by atoms with Gasteiger partial charge in [-0.3, -0.25) is 9.19 Å². The van der Waals surface area contributed by atoms with Gasteiger partial charge in [-0.1, -0.05) is 18.2 Å². The van der Waals surface area contributed by atoms with E-state index in [1.165, 1.54) is 0 Å². The summed E-state index contributed by atoms with van der Waals surface area (Å²) >= 11 is 5.40. The van der Waals surface area contributed by atoms with E-state index in [1.807, 2.05) is 35.8 Å². The number of pyridine rings is 1. The van der Waals surface area contributed by atoms with Gasteiger partial charge in [0.2, 0.25) is 0 Å². The van der Waals surface area contributed by atoms with Crippen molar-refractivity contribution in [3.63, 3.8) is 0 Å². The Balaban J connectivity index is 2.30. The highest BCUT2D eigenvalue weighted by atomic mass is 32.2. The SMILES string of the molecule is CC(Cn1c(=S)[nH]c2cnc3ccccc3c21)S(C)=O. The molecular formula is C14H15N3OS2. The van der Waals surface area contributed by atoms with Crippen LogP contribution < -0.4 is 0 Å². The lowest BCUT2D eigenvalue weighted by Crippen LogP contribution is -2.17. The second-order valence-corrected chi connectivity index (χ2v) is 7.08. The summed E-state index contributed by atoms with van der Waals surface area (Å²) in [6, 6.07) is 7.98. The van der Waals surface area contributed by atoms with E-state index in [0.29, 0.717) is 11.3 Å². The average Bonchev–Trinajstić information content (AvgIpc) is 2.75. The van der Waals surface area contributed by atoms with E-state index >= 15 is 0 Å². The number of hydrogen-bond donors (Lipinski definition) is 1. The van der Waals surface area contributed by atoms with Crippen LogP contribution in [0.5, 0.6) is 0 Å². The maximum absolute atomic E-state index is 11.6. The fourth-order valence-electron chi connectivity index (χ4n) is 2.33. The van der Waals surface area contributed by atoms with Crippen molar-refractivity contribution in [2.75, 3.05) is 6.26 Å². The Morgan fingerprint density at radius 3 is 2.95 bits per heavy atom. The lowest BCUT2D eigenvalue weighted by Gasteiger charge is -2.11. The molecule has 0 radical (unpaired) electrons. The first kappa shape index (κ1) is 13.5. The fraction of sp³-hybridized carbons (Fsp3) is 0.286. The Morgan fingerprint density at radius 2 is 2.20 bits per heavy atom. The molecule has 1 N–H and O–H groups in total. The maximum Gasteiger partial charge on any atom is 0.178 e. The Labute approximate surface area is 124 Å². The van der Waals surface area contributed by atoms with Gasteiger partial charge in [0.15, 0.2) is 4.77 Å². The third-order valence-corrected chi connectivity index (χ3v) is 5.11. The highest BCUT2D eigenvalue weighted by Gasteiger charge is 2.13. The highest BCUT2D eigenvalue weighted by molar-refractivity contribution is 7.84. The van der Waals surface area contributed by atoms with Gasteiger partial charge in [0.1, 0.15) is 0 Å². The molecule has 104 valence electrons. The summed E-state index contributed by atoms with van der Waals surface area (Å²) in [7, 11) is -0.876. The van der Waals surface area contributed by atoms with Crippen molar-refractivity contribution in [3.8, 4) is 0 Å². The van der Waals surface area contributed by atoms with Gasteiger partial charge in [-0.2, -0.15) is 0 Å². The van der Waals surface area contributed by atoms with Gasteiger partial charge in [0.05, 0.1) is 22.7 Å². The molecule has 20 heavy (non-hydrogen) atoms. The minimum Gasteiger partial charge on any atom is -0.329 e. The third-order valence-electron chi connectivity index (χ3n) is 3.51. The Kier molecular flexibility index (Phi) is 3.43. The number of nitrogens with one attached hydrogen (secondary N) is 1. The molecule has 0 aliphatic heterocycles. The molecule has 2 unspecified atom stereocenters. The van der Waals surface area contributed by atoms with E-state index in [4.69, 9.17) is 12.2 Å². The van der Waals surface area contributed by atoms with Crippen molar-refractivity contribution in [2.45, 2.75) is 18.7 Å². The predicted molar refractivity (Wildman–Crippen MR) is 86.0 cm³/mol. The molecule has 0 spiro atoms. The number of para-hydroxylation sites is 1. The first-order valence-corrected chi connectivity index (χ1v) is 8.39. The standard InChI is InChI=1S/C14H15N3OS2/c1-9(20(2)18)8-17-13-10-5-3-4-6-11(10)15-7-12(13)16-14(17)19/h3-7,9H,8H2,1-2H3,(H,16,19). The van der Waals surface area contributed by atoms with E-state index in [2.05, 4.69) is 9.97 Å². The van der Waals surface area contributed by atoms with Crippen LogP contribution in [0.4, 0.5) is 0 Å². The lowest BCUT2D eigenvalue weighted by atomic mass is 10.2. The Morgan fingerprint density at radius 1 is 1.45 bits per heavy atom. The average molecular weight is 305 g/mol. The second-order valence-electron chi connectivity index (χ2n) is 4.89. The molecule has 2 heterocycles. The summed E-state index contributed by atoms with van der Waals surface area (Å²) in [6.07, 6.45) is 3.53. The van der Waals surface area contributed by atoms with Gasteiger partial charge < -0.3 is 9.55 Å². The van der Waals surface area contributed by atoms with Gasteiger partial charge in [-0.15, -0.1) is 0 Å². The highest BCUT2D eigenvalue weighted by Crippen LogP contribution is 2.23. The van der Waals surface area contributed by atoms with Gasteiger partial charge in [0, 0.05) is 34.2 Å². The molecule has 0 bridgehead atoms. The molecule has 6 heteroatoms. The van der Waals surface area contributed by atoms with Crippen molar-refractivity contribution >= 4 is 45.0 Å². The Bertz CT molecular complexity index is 866. The quantitative estimate of drug-likeness (QED) is 0.757. The number of rotatable bonds is 3. The molecule has 1 aromatic carbocycles. The van der Waals surface area contributed by atoms with Crippen molar-refractivity contribution in [1.82, 2.24) is 14.5 Å². The maximum atomic E-state index is 11.6. The zero-order chi connectivity index (χ0) is 14.3. The molecule has 0 saturated heterocycles. The van der Waals surface area contributed by atoms with Crippen molar-refractivity contribution in [3.05, 3.63) is 35.2 Å². The van der Waals surface area contributed by atoms with Crippen LogP contribution in [0.25, 0.3) is 21.9 Å². The van der Waals surface area contributed by atoms with Gasteiger partial charge in [-0.25, -0.2) is 0 Å². The molecular weight excluding hydrogens is 290 g/mol. The number of imidazole rings is 1. The number of aromatic amines is 1. The molecule has 0 fully saturated rings. The summed E-state index contributed by atoms with van der Waals surface area (Å²) in [5.41, 5.74) is 2.90. The molecule has 0 aliphatic carbocycles. The van der Waals surface area contributed by atoms with Crippen molar-refractivity contribution in [1.29, 1.82) is 0 Å². The normalized spacial score (nSPS) is 14.7. The molecule has 0 amide bonds. The number of H-pyrrole nitrogens is 1. The van der Waals surface area contributed by atoms with Gasteiger partial charge >= 0.3 is 0 Å². The molecule has 0 aliphatic rings. The number of hydrogen-bond acceptors (Lipinski definition) is 3. The summed E-state index contributed by atoms with van der Waals surface area (Å²) in [4.78, 5) is 7.61. The zero-order valence-corrected chi connectivity index (χ0v) is 12.9. The topological polar surface area (TPSA) is 50.7 Å². The van der Waals surface area contributed by atoms with Gasteiger partial charge in [0.25, 0.3) is 0 Å². The van der Waals surface area contributed by atoms with Crippen LogP contribution in [-0.2, 0) is 17.3 Å². The Hall–Kier alpha value is -1.53. The predicted octanol–water partition coefficient (Wildman–Crippen LogP) is 3.01. The number of fused-ring (bicyclic) bond motifs is 3. The third kappa shape index (κ3) is 2.19. The van der Waals surface area contributed by atoms with Crippen LogP contribution in [0.2, 0.25) is 0 Å². The molecule has 3 rings (SSSR count). The van der Waals surface area contributed by atoms with Crippen LogP contribution in [-0.4, -0.2) is 30.2 Å². The first-order valence-electron chi connectivity index (χ1n) is 6.36. The van der Waals surface area contributed by atoms with Crippen LogP contribution in [0.15, 0.2) is 30.5 Å². The fourth-order valence-corrected chi connectivity index (χ4v) is 2.96. The smallest absolute Gasteiger partial charge is 0.178 e. The van der Waals surface area contributed by atoms with Crippen LogP contribution >= 0.6 is 12.2 Å². The minimum absolute atomic E-state index is 0.0487. The minimum atomic E-state index is -0.876. The summed E-state index contributed by atoms with van der Waals surface area (Å²) in [5.74, 6) is 0. The lowest BCUT2D eigenvalue weighted by molar-refractivity contribution is 0.648. The second kappa shape index (κ2) is 5.10. The first-order chi connectivity index (χ1) is 9.58. The van der Waals surface area contributed by atoms with E-state index in [1.54, 1.807) is 12.5 Å². The van der Waals surface area contributed by atoms with E-state index in [-0.39, 0.29) is 5.25 Å². The van der Waals surface area contributed by atoms with E-state index in [0.717, 1.165) is 21.9 Å². The molecule has 4 nitrogen and oxygen atoms in total. The molecule has 2 atom stereocenters. The monoisotopic (exact) mass is 305 g/mol. The van der Waals surface area contributed by atoms with Crippen molar-refractivity contribution < 1.29 is 4.21 Å². The van der Waals surface area contributed by atoms with Crippen LogP contribution in [0.3, 0.4) is 0 Å². The number of aromatic nitrogens is 3. The van der Waals surface area contributed by atoms with Crippen LogP contribution in [0, 0.1) is 4.77 Å². The van der Waals surface area contributed by atoms with E-state index < -0.39 is 10.8 Å². The molecule has 0 saturated carbocycles.